The number of carbonyl (C=O) groups excluding carboxylic acids is 1. The van der Waals surface area contributed by atoms with Gasteiger partial charge in [-0.25, -0.2) is 4.79 Å². The largest absolute Gasteiger partial charge is 0.462 e. The van der Waals surface area contributed by atoms with E-state index in [9.17, 15) is 4.79 Å². The Morgan fingerprint density at radius 2 is 2.32 bits per heavy atom. The van der Waals surface area contributed by atoms with E-state index in [1.807, 2.05) is 0 Å². The molecule has 1 aromatic heterocycles. The quantitative estimate of drug-likeness (QED) is 0.508. The van der Waals surface area contributed by atoms with Crippen molar-refractivity contribution in [1.29, 1.82) is 0 Å². The number of rotatable bonds is 3. The van der Waals surface area contributed by atoms with Crippen molar-refractivity contribution in [1.82, 2.24) is 4.98 Å². The van der Waals surface area contributed by atoms with E-state index in [4.69, 9.17) is 22.2 Å². The number of halogens is 2. The van der Waals surface area contributed by atoms with Gasteiger partial charge in [0.2, 0.25) is 0 Å². The molecule has 100 valence electrons. The van der Waals surface area contributed by atoms with Gasteiger partial charge < -0.3 is 10.2 Å². The number of carbonyl (C=O) groups is 1. The number of pyridine rings is 1. The number of fused-ring (bicyclic) bond motifs is 1. The zero-order chi connectivity index (χ0) is 14.0. The first-order valence-electron chi connectivity index (χ1n) is 5.50. The lowest BCUT2D eigenvalue weighted by molar-refractivity contribution is 0.0527. The Morgan fingerprint density at radius 3 is 2.95 bits per heavy atom. The highest BCUT2D eigenvalue weighted by Gasteiger charge is 2.17. The molecule has 0 aliphatic carbocycles. The Morgan fingerprint density at radius 1 is 1.58 bits per heavy atom. The fourth-order valence-electron chi connectivity index (χ4n) is 1.75. The van der Waals surface area contributed by atoms with Crippen LogP contribution in [0.5, 0.6) is 0 Å². The molecular weight excluding hydrogens is 334 g/mol. The summed E-state index contributed by atoms with van der Waals surface area (Å²) in [6, 6.07) is 3.41. The molecule has 0 spiro atoms. The maximum Gasteiger partial charge on any atom is 0.341 e. The maximum absolute atomic E-state index is 11.8. The van der Waals surface area contributed by atoms with Gasteiger partial charge in [0, 0.05) is 21.1 Å². The van der Waals surface area contributed by atoms with E-state index in [1.54, 1.807) is 19.1 Å². The van der Waals surface area contributed by atoms with Crippen molar-refractivity contribution in [3.05, 3.63) is 33.4 Å². The molecule has 7 heteroatoms. The first-order valence-corrected chi connectivity index (χ1v) is 6.67. The number of hydrogen-bond donors (Lipinski definition) is 2. The number of nitrogens with zero attached hydrogens (tertiary/aromatic N) is 1. The average molecular weight is 345 g/mol. The topological polar surface area (TPSA) is 77.2 Å². The molecule has 2 rings (SSSR count). The van der Waals surface area contributed by atoms with Crippen LogP contribution in [0.1, 0.15) is 17.3 Å². The molecule has 1 heterocycles. The lowest BCUT2D eigenvalue weighted by Gasteiger charge is -2.12. The Hall–Kier alpha value is -1.37. The van der Waals surface area contributed by atoms with E-state index >= 15 is 0 Å². The molecule has 2 aromatic rings. The summed E-state index contributed by atoms with van der Waals surface area (Å²) in [7, 11) is 0. The summed E-state index contributed by atoms with van der Waals surface area (Å²) in [6.45, 7) is 2.01. The van der Waals surface area contributed by atoms with Crippen molar-refractivity contribution in [2.45, 2.75) is 6.92 Å². The predicted molar refractivity (Wildman–Crippen MR) is 78.2 cm³/mol. The van der Waals surface area contributed by atoms with Gasteiger partial charge in [-0.15, -0.1) is 0 Å². The van der Waals surface area contributed by atoms with Crippen LogP contribution in [0.15, 0.2) is 22.8 Å². The Bertz CT molecular complexity index is 648. The highest BCUT2D eigenvalue weighted by molar-refractivity contribution is 9.10. The highest BCUT2D eigenvalue weighted by Crippen LogP contribution is 2.33. The van der Waals surface area contributed by atoms with Crippen LogP contribution in [-0.2, 0) is 4.74 Å². The normalized spacial score (nSPS) is 10.5. The molecule has 0 saturated heterocycles. The Labute approximate surface area is 123 Å². The van der Waals surface area contributed by atoms with E-state index in [0.717, 1.165) is 4.47 Å². The zero-order valence-electron chi connectivity index (χ0n) is 10.0. The van der Waals surface area contributed by atoms with Crippen LogP contribution in [0.4, 0.5) is 5.69 Å². The van der Waals surface area contributed by atoms with Crippen molar-refractivity contribution in [2.24, 2.45) is 5.84 Å². The number of aromatic nitrogens is 1. The second kappa shape index (κ2) is 5.73. The van der Waals surface area contributed by atoms with Gasteiger partial charge in [-0.1, -0.05) is 11.6 Å². The molecule has 3 N–H and O–H groups in total. The van der Waals surface area contributed by atoms with Gasteiger partial charge in [0.05, 0.1) is 17.8 Å². The summed E-state index contributed by atoms with van der Waals surface area (Å²) < 4.78 is 5.68. The summed E-state index contributed by atoms with van der Waals surface area (Å²) in [5.74, 6) is 5.02. The van der Waals surface area contributed by atoms with E-state index in [-0.39, 0.29) is 12.2 Å². The smallest absolute Gasteiger partial charge is 0.341 e. The number of esters is 1. The summed E-state index contributed by atoms with van der Waals surface area (Å²) in [6.07, 6.45) is 1.42. The van der Waals surface area contributed by atoms with Crippen LogP contribution in [0, 0.1) is 0 Å². The highest BCUT2D eigenvalue weighted by atomic mass is 79.9. The molecule has 0 amide bonds. The standard InChI is InChI=1S/C12H11BrClN3O2/c1-2-19-12(18)8-5-16-11-7(10(8)17-15)3-6(14)4-9(11)13/h3-5H,2,15H2,1H3,(H,16,17). The van der Waals surface area contributed by atoms with Crippen LogP contribution >= 0.6 is 27.5 Å². The summed E-state index contributed by atoms with van der Waals surface area (Å²) in [5, 5.41) is 1.16. The molecule has 0 aliphatic heterocycles. The van der Waals surface area contributed by atoms with Crippen molar-refractivity contribution >= 4 is 50.1 Å². The third kappa shape index (κ3) is 2.65. The summed E-state index contributed by atoms with van der Waals surface area (Å²) in [5.41, 5.74) is 3.88. The van der Waals surface area contributed by atoms with Crippen LogP contribution in [-0.4, -0.2) is 17.6 Å². The average Bonchev–Trinajstić information content (AvgIpc) is 2.37. The minimum atomic E-state index is -0.485. The van der Waals surface area contributed by atoms with Gasteiger partial charge in [0.1, 0.15) is 5.56 Å². The van der Waals surface area contributed by atoms with Crippen molar-refractivity contribution in [3.63, 3.8) is 0 Å². The van der Waals surface area contributed by atoms with Gasteiger partial charge in [0.25, 0.3) is 0 Å². The molecule has 0 bridgehead atoms. The second-order valence-electron chi connectivity index (χ2n) is 3.70. The number of anilines is 1. The minimum absolute atomic E-state index is 0.269. The molecule has 5 nitrogen and oxygen atoms in total. The van der Waals surface area contributed by atoms with Gasteiger partial charge in [-0.2, -0.15) is 0 Å². The number of benzene rings is 1. The lowest BCUT2D eigenvalue weighted by Crippen LogP contribution is -2.15. The van der Waals surface area contributed by atoms with E-state index < -0.39 is 5.97 Å². The molecule has 0 aliphatic rings. The summed E-state index contributed by atoms with van der Waals surface area (Å²) >= 11 is 9.38. The maximum atomic E-state index is 11.8. The van der Waals surface area contributed by atoms with Gasteiger partial charge >= 0.3 is 5.97 Å². The first kappa shape index (κ1) is 14.0. The van der Waals surface area contributed by atoms with Gasteiger partial charge in [-0.3, -0.25) is 10.8 Å². The summed E-state index contributed by atoms with van der Waals surface area (Å²) in [4.78, 5) is 16.1. The second-order valence-corrected chi connectivity index (χ2v) is 4.99. The van der Waals surface area contributed by atoms with E-state index in [2.05, 4.69) is 26.3 Å². The van der Waals surface area contributed by atoms with Crippen LogP contribution in [0.2, 0.25) is 5.02 Å². The number of ether oxygens (including phenoxy) is 1. The van der Waals surface area contributed by atoms with E-state index in [1.165, 1.54) is 6.20 Å². The fourth-order valence-corrected chi connectivity index (χ4v) is 2.66. The number of hydrogen-bond acceptors (Lipinski definition) is 5. The minimum Gasteiger partial charge on any atom is -0.462 e. The predicted octanol–water partition coefficient (Wildman–Crippen LogP) is 3.11. The number of nitrogens with two attached hydrogens (primary N) is 1. The van der Waals surface area contributed by atoms with Crippen molar-refractivity contribution in [2.75, 3.05) is 12.0 Å². The molecule has 1 aromatic carbocycles. The first-order chi connectivity index (χ1) is 9.08. The third-order valence-electron chi connectivity index (χ3n) is 2.53. The van der Waals surface area contributed by atoms with Gasteiger partial charge in [0.15, 0.2) is 0 Å². The van der Waals surface area contributed by atoms with Crippen molar-refractivity contribution in [3.8, 4) is 0 Å². The Balaban J connectivity index is 2.72. The molecule has 0 radical (unpaired) electrons. The molecule has 0 saturated carbocycles. The van der Waals surface area contributed by atoms with Crippen LogP contribution in [0.3, 0.4) is 0 Å². The van der Waals surface area contributed by atoms with Crippen LogP contribution in [0.25, 0.3) is 10.9 Å². The number of hydrazine groups is 1. The number of nitrogens with one attached hydrogen (secondary N) is 1. The molecule has 0 unspecified atom stereocenters. The zero-order valence-corrected chi connectivity index (χ0v) is 12.4. The molecule has 0 fully saturated rings. The van der Waals surface area contributed by atoms with Crippen molar-refractivity contribution < 1.29 is 9.53 Å². The molecule has 0 atom stereocenters. The van der Waals surface area contributed by atoms with Gasteiger partial charge in [-0.05, 0) is 35.0 Å². The third-order valence-corrected chi connectivity index (χ3v) is 3.35. The fraction of sp³-hybridized carbons (Fsp3) is 0.167. The molecule has 19 heavy (non-hydrogen) atoms. The SMILES string of the molecule is CCOC(=O)c1cnc2c(Br)cc(Cl)cc2c1NN. The Kier molecular flexibility index (Phi) is 4.24. The number of nitrogen functional groups attached to an aromatic ring is 1. The van der Waals surface area contributed by atoms with E-state index in [0.29, 0.717) is 21.6 Å². The lowest BCUT2D eigenvalue weighted by atomic mass is 10.1. The monoisotopic (exact) mass is 343 g/mol. The van der Waals surface area contributed by atoms with Crippen LogP contribution < -0.4 is 11.3 Å². The molecular formula is C12H11BrClN3O2.